The van der Waals surface area contributed by atoms with Gasteiger partial charge in [-0.2, -0.15) is 0 Å². The third kappa shape index (κ3) is 4.48. The van der Waals surface area contributed by atoms with Crippen molar-refractivity contribution >= 4 is 28.4 Å². The Kier molecular flexibility index (Phi) is 6.32. The van der Waals surface area contributed by atoms with E-state index < -0.39 is 0 Å². The lowest BCUT2D eigenvalue weighted by atomic mass is 9.78. The van der Waals surface area contributed by atoms with Crippen molar-refractivity contribution in [3.63, 3.8) is 0 Å². The molecule has 0 bridgehead atoms. The molecule has 156 valence electrons. The normalized spacial score (nSPS) is 21.5. The number of carbonyl (C=O) groups is 1. The van der Waals surface area contributed by atoms with E-state index in [1.807, 2.05) is 24.3 Å². The molecule has 1 aromatic heterocycles. The second kappa shape index (κ2) is 9.13. The maximum Gasteiger partial charge on any atom is 0.230 e. The molecule has 1 N–H and O–H groups in total. The van der Waals surface area contributed by atoms with Gasteiger partial charge in [0, 0.05) is 22.4 Å². The van der Waals surface area contributed by atoms with Gasteiger partial charge in [-0.15, -0.1) is 10.2 Å². The number of thioether (sulfide) groups is 1. The number of hydrogen-bond donors (Lipinski definition) is 1. The summed E-state index contributed by atoms with van der Waals surface area (Å²) in [7, 11) is 0. The zero-order valence-corrected chi connectivity index (χ0v) is 18.1. The molecule has 1 heterocycles. The molecule has 0 saturated heterocycles. The molecule has 0 radical (unpaired) electrons. The van der Waals surface area contributed by atoms with E-state index in [1.54, 1.807) is 12.1 Å². The highest BCUT2D eigenvalue weighted by Gasteiger charge is 2.28. The molecule has 0 aliphatic heterocycles. The molecular weight excluding hydrogens is 397 g/mol. The summed E-state index contributed by atoms with van der Waals surface area (Å²) in [5.74, 6) is 1.22. The molecule has 3 aromatic rings. The number of rotatable bonds is 5. The van der Waals surface area contributed by atoms with Crippen LogP contribution in [0.25, 0.3) is 22.0 Å². The highest BCUT2D eigenvalue weighted by atomic mass is 32.2. The Morgan fingerprint density at radius 3 is 2.57 bits per heavy atom. The first kappa shape index (κ1) is 20.8. The molecule has 3 unspecified atom stereocenters. The van der Waals surface area contributed by atoms with E-state index in [-0.39, 0.29) is 17.8 Å². The lowest BCUT2D eigenvalue weighted by Crippen LogP contribution is -2.44. The van der Waals surface area contributed by atoms with Gasteiger partial charge in [-0.3, -0.25) is 4.79 Å². The zero-order valence-electron chi connectivity index (χ0n) is 17.3. The van der Waals surface area contributed by atoms with Crippen molar-refractivity contribution in [2.45, 2.75) is 44.2 Å². The summed E-state index contributed by atoms with van der Waals surface area (Å²) in [5.41, 5.74) is 1.53. The lowest BCUT2D eigenvalue weighted by molar-refractivity contribution is -0.119. The van der Waals surface area contributed by atoms with Gasteiger partial charge in [-0.05, 0) is 42.5 Å². The Labute approximate surface area is 180 Å². The Morgan fingerprint density at radius 1 is 1.07 bits per heavy atom. The van der Waals surface area contributed by atoms with Crippen molar-refractivity contribution in [2.24, 2.45) is 11.8 Å². The van der Waals surface area contributed by atoms with E-state index in [1.165, 1.54) is 36.7 Å². The number of amides is 1. The van der Waals surface area contributed by atoms with Gasteiger partial charge in [-0.25, -0.2) is 4.39 Å². The van der Waals surface area contributed by atoms with Crippen LogP contribution in [0.5, 0.6) is 0 Å². The third-order valence-corrected chi connectivity index (χ3v) is 7.15. The van der Waals surface area contributed by atoms with E-state index >= 15 is 0 Å². The van der Waals surface area contributed by atoms with Crippen LogP contribution in [0.3, 0.4) is 0 Å². The van der Waals surface area contributed by atoms with Crippen LogP contribution in [-0.2, 0) is 4.79 Å². The number of nitrogens with one attached hydrogen (secondary N) is 1. The third-order valence-electron chi connectivity index (χ3n) is 6.16. The van der Waals surface area contributed by atoms with Crippen LogP contribution in [0.4, 0.5) is 4.39 Å². The molecule has 1 fully saturated rings. The van der Waals surface area contributed by atoms with E-state index in [0.717, 1.165) is 27.8 Å². The summed E-state index contributed by atoms with van der Waals surface area (Å²) in [6.07, 6.45) is 3.46. The van der Waals surface area contributed by atoms with Crippen LogP contribution < -0.4 is 5.32 Å². The van der Waals surface area contributed by atoms with Gasteiger partial charge in [0.25, 0.3) is 0 Å². The first-order valence-electron chi connectivity index (χ1n) is 10.5. The topological polar surface area (TPSA) is 54.9 Å². The molecule has 3 atom stereocenters. The van der Waals surface area contributed by atoms with Crippen LogP contribution in [0.15, 0.2) is 53.6 Å². The quantitative estimate of drug-likeness (QED) is 0.553. The Morgan fingerprint density at radius 2 is 1.80 bits per heavy atom. The molecule has 1 amide bonds. The molecule has 4 rings (SSSR count). The fraction of sp³-hybridized carbons (Fsp3) is 0.375. The van der Waals surface area contributed by atoms with E-state index in [2.05, 4.69) is 29.4 Å². The van der Waals surface area contributed by atoms with Crippen LogP contribution in [0.2, 0.25) is 0 Å². The summed E-state index contributed by atoms with van der Waals surface area (Å²) in [5, 5.41) is 14.6. The molecular formula is C24H26FN3OS. The van der Waals surface area contributed by atoms with Gasteiger partial charge in [-0.1, -0.05) is 62.7 Å². The fourth-order valence-electron chi connectivity index (χ4n) is 4.17. The van der Waals surface area contributed by atoms with Crippen molar-refractivity contribution in [1.29, 1.82) is 0 Å². The van der Waals surface area contributed by atoms with Crippen molar-refractivity contribution in [2.75, 3.05) is 5.75 Å². The predicted octanol–water partition coefficient (Wildman–Crippen LogP) is 5.47. The van der Waals surface area contributed by atoms with Crippen LogP contribution >= 0.6 is 11.8 Å². The van der Waals surface area contributed by atoms with Crippen molar-refractivity contribution in [1.82, 2.24) is 15.5 Å². The molecule has 4 nitrogen and oxygen atoms in total. The van der Waals surface area contributed by atoms with E-state index in [4.69, 9.17) is 0 Å². The standard InChI is InChI=1S/C24H26FN3OS/c1-15-6-5-9-21(16(15)2)26-22(29)14-30-24-20-8-4-3-7-19(20)23(27-28-24)17-10-12-18(25)13-11-17/h3-4,7-8,10-13,15-16,21H,5-6,9,14H2,1-2H3,(H,26,29). The first-order valence-corrected chi connectivity index (χ1v) is 11.4. The van der Waals surface area contributed by atoms with Crippen molar-refractivity contribution < 1.29 is 9.18 Å². The number of fused-ring (bicyclic) bond motifs is 1. The lowest BCUT2D eigenvalue weighted by Gasteiger charge is -2.34. The second-order valence-corrected chi connectivity index (χ2v) is 9.10. The van der Waals surface area contributed by atoms with Crippen molar-refractivity contribution in [3.8, 4) is 11.3 Å². The second-order valence-electron chi connectivity index (χ2n) is 8.14. The predicted molar refractivity (Wildman–Crippen MR) is 120 cm³/mol. The molecule has 1 saturated carbocycles. The summed E-state index contributed by atoms with van der Waals surface area (Å²) < 4.78 is 13.3. The summed E-state index contributed by atoms with van der Waals surface area (Å²) in [6, 6.07) is 14.4. The minimum absolute atomic E-state index is 0.0412. The SMILES string of the molecule is CC1CCCC(NC(=O)CSc2nnc(-c3ccc(F)cc3)c3ccccc23)C1C. The average molecular weight is 424 g/mol. The first-order chi connectivity index (χ1) is 14.5. The smallest absolute Gasteiger partial charge is 0.230 e. The molecule has 6 heteroatoms. The molecule has 30 heavy (non-hydrogen) atoms. The minimum Gasteiger partial charge on any atom is -0.352 e. The fourth-order valence-corrected chi connectivity index (χ4v) is 4.96. The van der Waals surface area contributed by atoms with Gasteiger partial charge in [0.05, 0.1) is 5.75 Å². The number of benzene rings is 2. The Balaban J connectivity index is 1.50. The number of halogens is 1. The van der Waals surface area contributed by atoms with E-state index in [0.29, 0.717) is 23.3 Å². The van der Waals surface area contributed by atoms with Gasteiger partial charge in [0.15, 0.2) is 0 Å². The van der Waals surface area contributed by atoms with Gasteiger partial charge >= 0.3 is 0 Å². The van der Waals surface area contributed by atoms with Gasteiger partial charge in [0.1, 0.15) is 16.5 Å². The summed E-state index contributed by atoms with van der Waals surface area (Å²) in [6.45, 7) is 4.50. The average Bonchev–Trinajstić information content (AvgIpc) is 2.76. The number of aromatic nitrogens is 2. The molecule has 1 aliphatic carbocycles. The monoisotopic (exact) mass is 423 g/mol. The van der Waals surface area contributed by atoms with Crippen LogP contribution in [0.1, 0.15) is 33.1 Å². The maximum absolute atomic E-state index is 13.3. The van der Waals surface area contributed by atoms with Crippen LogP contribution in [-0.4, -0.2) is 27.9 Å². The van der Waals surface area contributed by atoms with Gasteiger partial charge < -0.3 is 5.32 Å². The van der Waals surface area contributed by atoms with Gasteiger partial charge in [0.2, 0.25) is 5.91 Å². The summed E-state index contributed by atoms with van der Waals surface area (Å²) >= 11 is 1.41. The van der Waals surface area contributed by atoms with Crippen LogP contribution in [0, 0.1) is 17.7 Å². The molecule has 2 aromatic carbocycles. The molecule has 0 spiro atoms. The zero-order chi connectivity index (χ0) is 21.1. The number of carbonyl (C=O) groups excluding carboxylic acids is 1. The highest BCUT2D eigenvalue weighted by Crippen LogP contribution is 2.32. The molecule has 1 aliphatic rings. The summed E-state index contributed by atoms with van der Waals surface area (Å²) in [4.78, 5) is 12.6. The highest BCUT2D eigenvalue weighted by molar-refractivity contribution is 8.00. The maximum atomic E-state index is 13.3. The number of hydrogen-bond acceptors (Lipinski definition) is 4. The van der Waals surface area contributed by atoms with E-state index in [9.17, 15) is 9.18 Å². The van der Waals surface area contributed by atoms with Crippen molar-refractivity contribution in [3.05, 3.63) is 54.3 Å². The minimum atomic E-state index is -0.282. The number of nitrogens with zero attached hydrogens (tertiary/aromatic N) is 2. The largest absolute Gasteiger partial charge is 0.352 e. The Bertz CT molecular complexity index is 1040. The Hall–Kier alpha value is -2.47.